The third-order valence-electron chi connectivity index (χ3n) is 5.66. The van der Waals surface area contributed by atoms with E-state index in [0.29, 0.717) is 16.9 Å². The molecule has 1 saturated carbocycles. The molecule has 0 bridgehead atoms. The van der Waals surface area contributed by atoms with Crippen molar-refractivity contribution < 1.29 is 19.2 Å². The molecule has 8 heteroatoms. The first-order valence-electron chi connectivity index (χ1n) is 10.3. The summed E-state index contributed by atoms with van der Waals surface area (Å²) in [5.41, 5.74) is 1.76. The Labute approximate surface area is 184 Å². The largest absolute Gasteiger partial charge is 0.325 e. The highest BCUT2D eigenvalue weighted by Crippen LogP contribution is 2.32. The van der Waals surface area contributed by atoms with Gasteiger partial charge in [-0.05, 0) is 49.2 Å². The first-order valence-corrected chi connectivity index (χ1v) is 10.6. The van der Waals surface area contributed by atoms with Crippen LogP contribution in [0, 0.1) is 0 Å². The number of nitrogens with zero attached hydrogens (tertiary/aromatic N) is 1. The van der Waals surface area contributed by atoms with Crippen LogP contribution in [-0.2, 0) is 4.79 Å². The second-order valence-corrected chi connectivity index (χ2v) is 8.27. The minimum absolute atomic E-state index is 0.0669. The number of anilines is 2. The van der Waals surface area contributed by atoms with E-state index in [4.69, 9.17) is 11.6 Å². The van der Waals surface area contributed by atoms with E-state index in [1.54, 1.807) is 18.2 Å². The predicted molar refractivity (Wildman–Crippen MR) is 118 cm³/mol. The molecule has 0 spiro atoms. The van der Waals surface area contributed by atoms with Gasteiger partial charge in [-0.3, -0.25) is 24.1 Å². The molecule has 1 aliphatic carbocycles. The number of nitrogens with one attached hydrogen (secondary N) is 2. The first kappa shape index (κ1) is 21.1. The van der Waals surface area contributed by atoms with Crippen LogP contribution in [0.1, 0.15) is 70.1 Å². The molecule has 2 aromatic carbocycles. The summed E-state index contributed by atoms with van der Waals surface area (Å²) in [6, 6.07) is 9.21. The van der Waals surface area contributed by atoms with Gasteiger partial charge in [-0.2, -0.15) is 0 Å². The Hall–Kier alpha value is -3.19. The number of benzene rings is 2. The van der Waals surface area contributed by atoms with Gasteiger partial charge in [0.2, 0.25) is 5.91 Å². The lowest BCUT2D eigenvalue weighted by Gasteiger charge is -2.29. The van der Waals surface area contributed by atoms with Crippen LogP contribution in [0.4, 0.5) is 11.4 Å². The number of halogens is 1. The number of hydrogen-bond acceptors (Lipinski definition) is 4. The molecule has 2 N–H and O–H groups in total. The average molecular weight is 440 g/mol. The van der Waals surface area contributed by atoms with Crippen LogP contribution in [0.15, 0.2) is 36.4 Å². The Bertz CT molecular complexity index is 1090. The summed E-state index contributed by atoms with van der Waals surface area (Å²) >= 11 is 6.15. The number of carbonyl (C=O) groups excluding carboxylic acids is 4. The van der Waals surface area contributed by atoms with Gasteiger partial charge in [0.25, 0.3) is 17.7 Å². The molecule has 0 atom stereocenters. The van der Waals surface area contributed by atoms with Crippen LogP contribution in [0.25, 0.3) is 0 Å². The highest BCUT2D eigenvalue weighted by atomic mass is 35.5. The van der Waals surface area contributed by atoms with Crippen molar-refractivity contribution in [2.45, 2.75) is 45.1 Å². The molecule has 0 aromatic heterocycles. The number of carbonyl (C=O) groups is 4. The normalized spacial score (nSPS) is 16.3. The second-order valence-electron chi connectivity index (χ2n) is 7.86. The van der Waals surface area contributed by atoms with Gasteiger partial charge in [-0.15, -0.1) is 0 Å². The molecule has 0 radical (unpaired) electrons. The van der Waals surface area contributed by atoms with Gasteiger partial charge in [0.05, 0.1) is 21.8 Å². The van der Waals surface area contributed by atoms with Gasteiger partial charge in [0.1, 0.15) is 0 Å². The van der Waals surface area contributed by atoms with E-state index in [0.717, 1.165) is 32.1 Å². The molecule has 1 fully saturated rings. The van der Waals surface area contributed by atoms with Crippen molar-refractivity contribution in [1.82, 2.24) is 4.90 Å². The summed E-state index contributed by atoms with van der Waals surface area (Å²) in [7, 11) is 0. The number of fused-ring (bicyclic) bond motifs is 1. The van der Waals surface area contributed by atoms with Crippen LogP contribution >= 0.6 is 11.6 Å². The fraction of sp³-hybridized carbons (Fsp3) is 0.304. The summed E-state index contributed by atoms with van der Waals surface area (Å²) in [6.07, 6.45) is 4.80. The zero-order valence-electron chi connectivity index (χ0n) is 17.0. The van der Waals surface area contributed by atoms with Crippen LogP contribution in [-0.4, -0.2) is 34.6 Å². The highest BCUT2D eigenvalue weighted by molar-refractivity contribution is 6.34. The van der Waals surface area contributed by atoms with E-state index in [-0.39, 0.29) is 39.9 Å². The molecule has 1 aliphatic heterocycles. The lowest BCUT2D eigenvalue weighted by molar-refractivity contribution is -0.114. The third kappa shape index (κ3) is 4.18. The van der Waals surface area contributed by atoms with Crippen LogP contribution in [0.2, 0.25) is 5.02 Å². The lowest BCUT2D eigenvalue weighted by Crippen LogP contribution is -2.40. The Morgan fingerprint density at radius 3 is 2.32 bits per heavy atom. The lowest BCUT2D eigenvalue weighted by atomic mass is 9.94. The minimum atomic E-state index is -0.428. The zero-order chi connectivity index (χ0) is 22.1. The molecular formula is C23H22ClN3O4. The van der Waals surface area contributed by atoms with E-state index in [1.165, 1.54) is 30.0 Å². The summed E-state index contributed by atoms with van der Waals surface area (Å²) in [5.74, 6) is -1.29. The van der Waals surface area contributed by atoms with E-state index in [1.807, 2.05) is 0 Å². The summed E-state index contributed by atoms with van der Waals surface area (Å²) in [5, 5.41) is 5.60. The van der Waals surface area contributed by atoms with Crippen molar-refractivity contribution in [1.29, 1.82) is 0 Å². The van der Waals surface area contributed by atoms with Gasteiger partial charge in [0, 0.05) is 24.2 Å². The Morgan fingerprint density at radius 1 is 0.935 bits per heavy atom. The van der Waals surface area contributed by atoms with Crippen molar-refractivity contribution >= 4 is 46.6 Å². The van der Waals surface area contributed by atoms with Gasteiger partial charge in [0.15, 0.2) is 0 Å². The van der Waals surface area contributed by atoms with Crippen molar-refractivity contribution in [3.8, 4) is 0 Å². The van der Waals surface area contributed by atoms with Crippen molar-refractivity contribution in [2.24, 2.45) is 0 Å². The molecule has 0 saturated heterocycles. The van der Waals surface area contributed by atoms with Crippen LogP contribution < -0.4 is 10.6 Å². The molecule has 4 amide bonds. The average Bonchev–Trinajstić information content (AvgIpc) is 3.00. The number of amides is 4. The molecule has 160 valence electrons. The quantitative estimate of drug-likeness (QED) is 0.686. The monoisotopic (exact) mass is 439 g/mol. The maximum Gasteiger partial charge on any atom is 0.261 e. The van der Waals surface area contributed by atoms with E-state index >= 15 is 0 Å². The minimum Gasteiger partial charge on any atom is -0.325 e. The Kier molecular flexibility index (Phi) is 5.78. The number of imide groups is 1. The highest BCUT2D eigenvalue weighted by Gasteiger charge is 2.40. The molecule has 4 rings (SSSR count). The van der Waals surface area contributed by atoms with Gasteiger partial charge in [-0.25, -0.2) is 0 Å². The van der Waals surface area contributed by atoms with E-state index < -0.39 is 5.91 Å². The molecule has 2 aromatic rings. The smallest absolute Gasteiger partial charge is 0.261 e. The molecular weight excluding hydrogens is 418 g/mol. The SMILES string of the molecule is CC(=O)Nc1ccc(NC(=O)c2ccc3c(c2)C(=O)N(C2CCCCC2)C3=O)cc1Cl. The molecule has 7 nitrogen and oxygen atoms in total. The fourth-order valence-electron chi connectivity index (χ4n) is 4.16. The fourth-order valence-corrected chi connectivity index (χ4v) is 4.39. The Morgan fingerprint density at radius 2 is 1.65 bits per heavy atom. The second kappa shape index (κ2) is 8.51. The maximum atomic E-state index is 12.9. The van der Waals surface area contributed by atoms with Crippen LogP contribution in [0.5, 0.6) is 0 Å². The van der Waals surface area contributed by atoms with Crippen molar-refractivity contribution in [2.75, 3.05) is 10.6 Å². The standard InChI is InChI=1S/C23H22ClN3O4/c1-13(28)25-20-10-8-15(12-19(20)24)26-21(29)14-7-9-17-18(11-14)23(31)27(22(17)30)16-5-3-2-4-6-16/h7-12,16H,2-6H2,1H3,(H,25,28)(H,26,29). The summed E-state index contributed by atoms with van der Waals surface area (Å²) < 4.78 is 0. The van der Waals surface area contributed by atoms with E-state index in [9.17, 15) is 19.2 Å². The molecule has 0 unspecified atom stereocenters. The van der Waals surface area contributed by atoms with Gasteiger partial charge >= 0.3 is 0 Å². The summed E-state index contributed by atoms with van der Waals surface area (Å²) in [4.78, 5) is 51.0. The predicted octanol–water partition coefficient (Wildman–Crippen LogP) is 4.48. The van der Waals surface area contributed by atoms with E-state index in [2.05, 4.69) is 10.6 Å². The number of hydrogen-bond donors (Lipinski definition) is 2. The third-order valence-corrected chi connectivity index (χ3v) is 5.97. The van der Waals surface area contributed by atoms with Crippen molar-refractivity contribution in [3.63, 3.8) is 0 Å². The number of rotatable bonds is 4. The first-order chi connectivity index (χ1) is 14.8. The van der Waals surface area contributed by atoms with Gasteiger partial charge in [-0.1, -0.05) is 30.9 Å². The molecule has 2 aliphatic rings. The van der Waals surface area contributed by atoms with Gasteiger partial charge < -0.3 is 10.6 Å². The zero-order valence-corrected chi connectivity index (χ0v) is 17.8. The van der Waals surface area contributed by atoms with Crippen molar-refractivity contribution in [3.05, 3.63) is 58.1 Å². The summed E-state index contributed by atoms with van der Waals surface area (Å²) in [6.45, 7) is 1.38. The Balaban J connectivity index is 1.52. The maximum absolute atomic E-state index is 12.9. The topological polar surface area (TPSA) is 95.6 Å². The van der Waals surface area contributed by atoms with Crippen LogP contribution in [0.3, 0.4) is 0 Å². The molecule has 1 heterocycles. The molecule has 31 heavy (non-hydrogen) atoms.